The predicted molar refractivity (Wildman–Crippen MR) is 93.5 cm³/mol. The minimum absolute atomic E-state index is 0.172. The summed E-state index contributed by atoms with van der Waals surface area (Å²) in [7, 11) is 0. The van der Waals surface area contributed by atoms with Crippen molar-refractivity contribution in [2.24, 2.45) is 5.16 Å². The number of hydrogen-bond acceptors (Lipinski definition) is 8. The molecule has 1 aliphatic rings. The van der Waals surface area contributed by atoms with Gasteiger partial charge in [0.2, 0.25) is 13.4 Å². The number of hydrogen-bond donors (Lipinski definition) is 2. The van der Waals surface area contributed by atoms with Gasteiger partial charge in [-0.15, -0.1) is 0 Å². The molecule has 0 bridgehead atoms. The third-order valence-electron chi connectivity index (χ3n) is 3.33. The normalized spacial score (nSPS) is 12.3. The summed E-state index contributed by atoms with van der Waals surface area (Å²) < 4.78 is 15.2. The minimum Gasteiger partial charge on any atom is -0.454 e. The molecule has 10 nitrogen and oxygen atoms in total. The van der Waals surface area contributed by atoms with Crippen LogP contribution < -0.4 is 20.1 Å². The lowest BCUT2D eigenvalue weighted by molar-refractivity contribution is -0.152. The monoisotopic (exact) mass is 379 g/mol. The highest BCUT2D eigenvalue weighted by molar-refractivity contribution is 5.99. The summed E-state index contributed by atoms with van der Waals surface area (Å²) in [5.41, 5.74) is 1.26. The number of fused-ring (bicyclic) bond motifs is 1. The third kappa shape index (κ3) is 6.49. The number of nitrogens with one attached hydrogen (secondary N) is 2. The van der Waals surface area contributed by atoms with E-state index in [9.17, 15) is 14.4 Å². The average molecular weight is 379 g/mol. The van der Waals surface area contributed by atoms with Crippen molar-refractivity contribution in [2.75, 3.05) is 26.6 Å². The third-order valence-corrected chi connectivity index (χ3v) is 3.33. The maximum atomic E-state index is 11.5. The molecule has 1 aromatic rings. The van der Waals surface area contributed by atoms with Crippen LogP contribution in [0.4, 0.5) is 4.79 Å². The molecule has 0 aliphatic carbocycles. The van der Waals surface area contributed by atoms with E-state index in [1.54, 1.807) is 25.1 Å². The number of esters is 1. The fourth-order valence-corrected chi connectivity index (χ4v) is 1.99. The molecule has 2 rings (SSSR count). The summed E-state index contributed by atoms with van der Waals surface area (Å²) in [6.07, 6.45) is 0.736. The molecule has 3 amide bonds. The van der Waals surface area contributed by atoms with Crippen LogP contribution in [0.1, 0.15) is 25.8 Å². The number of benzene rings is 1. The van der Waals surface area contributed by atoms with E-state index < -0.39 is 31.1 Å². The molecule has 2 N–H and O–H groups in total. The van der Waals surface area contributed by atoms with Crippen LogP contribution in [0.2, 0.25) is 0 Å². The number of carbonyl (C=O) groups is 3. The quantitative estimate of drug-likeness (QED) is 0.391. The Morgan fingerprint density at radius 3 is 2.74 bits per heavy atom. The number of urea groups is 1. The molecule has 0 saturated carbocycles. The molecule has 1 aromatic carbocycles. The lowest BCUT2D eigenvalue weighted by atomic mass is 10.1. The molecule has 146 valence electrons. The van der Waals surface area contributed by atoms with E-state index >= 15 is 0 Å². The number of oxime groups is 1. The Morgan fingerprint density at radius 2 is 1.96 bits per heavy atom. The van der Waals surface area contributed by atoms with Crippen LogP contribution in [0.5, 0.6) is 11.5 Å². The van der Waals surface area contributed by atoms with Crippen LogP contribution in [0.15, 0.2) is 23.4 Å². The number of ether oxygens (including phenoxy) is 3. The van der Waals surface area contributed by atoms with Crippen molar-refractivity contribution < 1.29 is 33.4 Å². The topological polar surface area (TPSA) is 125 Å². The molecule has 0 saturated heterocycles. The fraction of sp³-hybridized carbons (Fsp3) is 0.412. The molecule has 0 aromatic heterocycles. The van der Waals surface area contributed by atoms with E-state index in [-0.39, 0.29) is 6.79 Å². The molecule has 0 spiro atoms. The zero-order valence-electron chi connectivity index (χ0n) is 15.1. The van der Waals surface area contributed by atoms with E-state index in [0.29, 0.717) is 23.8 Å². The van der Waals surface area contributed by atoms with Crippen LogP contribution in [0.3, 0.4) is 0 Å². The second-order valence-corrected chi connectivity index (χ2v) is 5.48. The van der Waals surface area contributed by atoms with E-state index in [1.807, 2.05) is 12.2 Å². The largest absolute Gasteiger partial charge is 0.454 e. The Labute approximate surface area is 155 Å². The maximum absolute atomic E-state index is 11.5. The van der Waals surface area contributed by atoms with Crippen molar-refractivity contribution in [3.05, 3.63) is 23.8 Å². The highest BCUT2D eigenvalue weighted by atomic mass is 16.7. The van der Waals surface area contributed by atoms with Gasteiger partial charge in [0.05, 0.1) is 5.71 Å². The first-order chi connectivity index (χ1) is 13.0. The van der Waals surface area contributed by atoms with Crippen molar-refractivity contribution in [3.8, 4) is 11.5 Å². The van der Waals surface area contributed by atoms with Crippen molar-refractivity contribution in [1.82, 2.24) is 10.6 Å². The first-order valence-corrected chi connectivity index (χ1v) is 8.29. The summed E-state index contributed by atoms with van der Waals surface area (Å²) >= 11 is 0. The van der Waals surface area contributed by atoms with Gasteiger partial charge in [0.15, 0.2) is 18.1 Å². The lowest BCUT2D eigenvalue weighted by Crippen LogP contribution is -2.41. The maximum Gasteiger partial charge on any atom is 0.347 e. The number of carbonyl (C=O) groups excluding carboxylic acids is 3. The Hall–Kier alpha value is -3.30. The Balaban J connectivity index is 1.70. The molecule has 1 aliphatic heterocycles. The van der Waals surface area contributed by atoms with Gasteiger partial charge in [-0.2, -0.15) is 0 Å². The molecule has 0 unspecified atom stereocenters. The molecule has 0 fully saturated rings. The van der Waals surface area contributed by atoms with E-state index in [4.69, 9.17) is 19.0 Å². The molecular weight excluding hydrogens is 358 g/mol. The second kappa shape index (κ2) is 10.00. The zero-order valence-corrected chi connectivity index (χ0v) is 15.1. The van der Waals surface area contributed by atoms with Gasteiger partial charge in [0.1, 0.15) is 0 Å². The Bertz CT molecular complexity index is 733. The lowest BCUT2D eigenvalue weighted by Gasteiger charge is -2.06. The van der Waals surface area contributed by atoms with Crippen molar-refractivity contribution in [1.29, 1.82) is 0 Å². The van der Waals surface area contributed by atoms with Gasteiger partial charge >= 0.3 is 12.0 Å². The van der Waals surface area contributed by atoms with Crippen molar-refractivity contribution in [3.63, 3.8) is 0 Å². The van der Waals surface area contributed by atoms with Gasteiger partial charge in [0, 0.05) is 12.1 Å². The highest BCUT2D eigenvalue weighted by Gasteiger charge is 2.14. The summed E-state index contributed by atoms with van der Waals surface area (Å²) in [5, 5.41) is 8.31. The first kappa shape index (κ1) is 20.0. The molecule has 0 atom stereocenters. The van der Waals surface area contributed by atoms with Crippen LogP contribution >= 0.6 is 0 Å². The van der Waals surface area contributed by atoms with Gasteiger partial charge in [0.25, 0.3) is 5.91 Å². The summed E-state index contributed by atoms with van der Waals surface area (Å²) in [5.74, 6) is -0.272. The molecule has 10 heteroatoms. The summed E-state index contributed by atoms with van der Waals surface area (Å²) in [6.45, 7) is 3.12. The molecule has 1 heterocycles. The number of nitrogens with zero attached hydrogens (tertiary/aromatic N) is 1. The molecule has 27 heavy (non-hydrogen) atoms. The zero-order chi connectivity index (χ0) is 19.6. The standard InChI is InChI=1S/C17H21N3O7/c1-3-6-18-17(23)19-15(21)8-24-16(22)9-27-20-11(2)12-4-5-13-14(7-12)26-10-25-13/h4-5,7H,3,6,8-10H2,1-2H3,(H2,18,19,21,23)/b20-11-. The van der Waals surface area contributed by atoms with Gasteiger partial charge in [-0.1, -0.05) is 12.1 Å². The first-order valence-electron chi connectivity index (χ1n) is 8.29. The number of rotatable bonds is 8. The van der Waals surface area contributed by atoms with Crippen molar-refractivity contribution in [2.45, 2.75) is 20.3 Å². The van der Waals surface area contributed by atoms with Crippen LogP contribution in [0.25, 0.3) is 0 Å². The summed E-state index contributed by atoms with van der Waals surface area (Å²) in [6, 6.07) is 4.64. The Morgan fingerprint density at radius 1 is 1.19 bits per heavy atom. The highest BCUT2D eigenvalue weighted by Crippen LogP contribution is 2.32. The fourth-order valence-electron chi connectivity index (χ4n) is 1.99. The van der Waals surface area contributed by atoms with Gasteiger partial charge in [-0.25, -0.2) is 9.59 Å². The smallest absolute Gasteiger partial charge is 0.347 e. The average Bonchev–Trinajstić information content (AvgIpc) is 3.12. The number of amides is 3. The van der Waals surface area contributed by atoms with E-state index in [0.717, 1.165) is 12.0 Å². The SMILES string of the molecule is CCCNC(=O)NC(=O)COC(=O)CO/N=C(/C)c1ccc2c(c1)OCO2. The van der Waals surface area contributed by atoms with E-state index in [2.05, 4.69) is 10.5 Å². The van der Waals surface area contributed by atoms with Crippen LogP contribution in [-0.2, 0) is 19.2 Å². The number of imide groups is 1. The van der Waals surface area contributed by atoms with Crippen LogP contribution in [-0.4, -0.2) is 50.2 Å². The Kier molecular flexibility index (Phi) is 7.41. The van der Waals surface area contributed by atoms with Crippen molar-refractivity contribution >= 4 is 23.6 Å². The summed E-state index contributed by atoms with van der Waals surface area (Å²) in [4.78, 5) is 39.2. The molecular formula is C17H21N3O7. The molecule has 0 radical (unpaired) electrons. The van der Waals surface area contributed by atoms with Gasteiger partial charge in [-0.05, 0) is 31.5 Å². The van der Waals surface area contributed by atoms with Crippen LogP contribution in [0, 0.1) is 0 Å². The van der Waals surface area contributed by atoms with Gasteiger partial charge < -0.3 is 24.4 Å². The van der Waals surface area contributed by atoms with Gasteiger partial charge in [-0.3, -0.25) is 10.1 Å². The minimum atomic E-state index is -0.790. The second-order valence-electron chi connectivity index (χ2n) is 5.48. The predicted octanol–water partition coefficient (Wildman–Crippen LogP) is 0.935. The van der Waals surface area contributed by atoms with E-state index in [1.165, 1.54) is 0 Å².